The average Bonchev–Trinajstić information content (AvgIpc) is 1.69. The zero-order chi connectivity index (χ0) is 5.11. The Kier molecular flexibility index (Phi) is 1.47. The van der Waals surface area contributed by atoms with Gasteiger partial charge in [0.25, 0.3) is 0 Å². The summed E-state index contributed by atoms with van der Waals surface area (Å²) in [5, 5.41) is 0. The van der Waals surface area contributed by atoms with Crippen LogP contribution in [0.1, 0.15) is 12.8 Å². The van der Waals surface area contributed by atoms with Crippen molar-refractivity contribution in [1.82, 2.24) is 0 Å². The van der Waals surface area contributed by atoms with E-state index in [9.17, 15) is 0 Å². The molecule has 1 nitrogen and oxygen atoms in total. The van der Waals surface area contributed by atoms with E-state index in [0.717, 1.165) is 12.8 Å². The van der Waals surface area contributed by atoms with Crippen LogP contribution in [0.5, 0.6) is 0 Å². The Hall–Kier alpha value is -0.300. The molecule has 0 spiro atoms. The maximum absolute atomic E-state index is 5.53. The Morgan fingerprint density at radius 3 is 2.71 bits per heavy atom. The van der Waals surface area contributed by atoms with Crippen molar-refractivity contribution < 1.29 is 0 Å². The lowest BCUT2D eigenvalue weighted by atomic mass is 10.0. The summed E-state index contributed by atoms with van der Waals surface area (Å²) in [6.45, 7) is 0. The zero-order valence-corrected chi connectivity index (χ0v) is 4.30. The van der Waals surface area contributed by atoms with Crippen LogP contribution in [-0.4, -0.2) is 6.04 Å². The highest BCUT2D eigenvalue weighted by Crippen LogP contribution is 2.05. The van der Waals surface area contributed by atoms with E-state index in [1.54, 1.807) is 0 Å². The molecule has 0 heterocycles. The average molecular weight is 96.2 g/mol. The first-order valence-corrected chi connectivity index (χ1v) is 2.65. The van der Waals surface area contributed by atoms with Gasteiger partial charge in [0.15, 0.2) is 0 Å². The molecule has 1 aliphatic carbocycles. The Labute approximate surface area is 44.2 Å². The van der Waals surface area contributed by atoms with Crippen LogP contribution in [0.4, 0.5) is 0 Å². The molecule has 2 N–H and O–H groups in total. The highest BCUT2D eigenvalue weighted by atomic mass is 14.6. The molecule has 0 bridgehead atoms. The van der Waals surface area contributed by atoms with Gasteiger partial charge in [-0.05, 0) is 19.3 Å². The highest BCUT2D eigenvalue weighted by Gasteiger charge is 1.99. The molecule has 39 valence electrons. The topological polar surface area (TPSA) is 26.0 Å². The number of allylic oxidation sites excluding steroid dienone is 1. The van der Waals surface area contributed by atoms with Gasteiger partial charge in [-0.15, -0.1) is 0 Å². The van der Waals surface area contributed by atoms with Crippen LogP contribution in [0, 0.1) is 6.42 Å². The molecule has 1 unspecified atom stereocenters. The van der Waals surface area contributed by atoms with Gasteiger partial charge >= 0.3 is 0 Å². The molecule has 0 aromatic heterocycles. The van der Waals surface area contributed by atoms with Gasteiger partial charge in [-0.2, -0.15) is 0 Å². The number of rotatable bonds is 0. The van der Waals surface area contributed by atoms with Crippen LogP contribution in [0.25, 0.3) is 0 Å². The Balaban J connectivity index is 2.36. The van der Waals surface area contributed by atoms with E-state index in [2.05, 4.69) is 6.42 Å². The second-order valence-electron chi connectivity index (χ2n) is 1.86. The first kappa shape index (κ1) is 4.85. The molecule has 0 saturated heterocycles. The lowest BCUT2D eigenvalue weighted by Gasteiger charge is -2.08. The summed E-state index contributed by atoms with van der Waals surface area (Å²) in [7, 11) is 0. The van der Waals surface area contributed by atoms with Crippen LogP contribution in [0.15, 0.2) is 12.2 Å². The van der Waals surface area contributed by atoms with Crippen molar-refractivity contribution in [2.45, 2.75) is 18.9 Å². The van der Waals surface area contributed by atoms with E-state index in [0.29, 0.717) is 6.04 Å². The molecule has 7 heavy (non-hydrogen) atoms. The van der Waals surface area contributed by atoms with Gasteiger partial charge in [0.1, 0.15) is 0 Å². The van der Waals surface area contributed by atoms with Gasteiger partial charge in [0.05, 0.1) is 0 Å². The van der Waals surface area contributed by atoms with E-state index in [1.165, 1.54) is 0 Å². The molecule has 0 aliphatic heterocycles. The van der Waals surface area contributed by atoms with Crippen molar-refractivity contribution in [3.8, 4) is 0 Å². The predicted octanol–water partition coefficient (Wildman–Crippen LogP) is 0.868. The first-order chi connectivity index (χ1) is 3.39. The normalized spacial score (nSPS) is 30.7. The quantitative estimate of drug-likeness (QED) is 0.475. The van der Waals surface area contributed by atoms with Crippen molar-refractivity contribution in [2.24, 2.45) is 5.73 Å². The van der Waals surface area contributed by atoms with Gasteiger partial charge < -0.3 is 5.73 Å². The Morgan fingerprint density at radius 2 is 2.43 bits per heavy atom. The third-order valence-corrected chi connectivity index (χ3v) is 1.16. The van der Waals surface area contributed by atoms with Crippen molar-refractivity contribution >= 4 is 0 Å². The summed E-state index contributed by atoms with van der Waals surface area (Å²) in [5.41, 5.74) is 5.53. The SMILES string of the molecule is NC1C=C[CH]CC1. The third-order valence-electron chi connectivity index (χ3n) is 1.16. The molecular weight excluding hydrogens is 86.1 g/mol. The zero-order valence-electron chi connectivity index (χ0n) is 4.30. The number of nitrogens with two attached hydrogens (primary N) is 1. The van der Waals surface area contributed by atoms with Gasteiger partial charge in [0.2, 0.25) is 0 Å². The van der Waals surface area contributed by atoms with Crippen LogP contribution in [0.2, 0.25) is 0 Å². The van der Waals surface area contributed by atoms with E-state index in [1.807, 2.05) is 12.2 Å². The fourth-order valence-corrected chi connectivity index (χ4v) is 0.702. The van der Waals surface area contributed by atoms with Gasteiger partial charge in [-0.25, -0.2) is 0 Å². The Bertz CT molecular complexity index is 76.2. The lowest BCUT2D eigenvalue weighted by Crippen LogP contribution is -2.18. The van der Waals surface area contributed by atoms with Crippen molar-refractivity contribution in [2.75, 3.05) is 0 Å². The van der Waals surface area contributed by atoms with Crippen molar-refractivity contribution in [3.63, 3.8) is 0 Å². The highest BCUT2D eigenvalue weighted by molar-refractivity contribution is 5.04. The van der Waals surface area contributed by atoms with Gasteiger partial charge in [-0.3, -0.25) is 0 Å². The van der Waals surface area contributed by atoms with Gasteiger partial charge in [-0.1, -0.05) is 12.2 Å². The predicted molar refractivity (Wildman–Crippen MR) is 30.6 cm³/mol. The van der Waals surface area contributed by atoms with E-state index >= 15 is 0 Å². The van der Waals surface area contributed by atoms with Crippen LogP contribution in [-0.2, 0) is 0 Å². The number of hydrogen-bond donors (Lipinski definition) is 1. The molecule has 1 radical (unpaired) electrons. The van der Waals surface area contributed by atoms with Crippen molar-refractivity contribution in [1.29, 1.82) is 0 Å². The largest absolute Gasteiger partial charge is 0.324 e. The minimum absolute atomic E-state index is 0.324. The molecule has 0 aromatic carbocycles. The maximum Gasteiger partial charge on any atom is 0.0223 e. The second kappa shape index (κ2) is 2.12. The van der Waals surface area contributed by atoms with Crippen molar-refractivity contribution in [3.05, 3.63) is 18.6 Å². The first-order valence-electron chi connectivity index (χ1n) is 2.65. The molecular formula is C6H10N. The molecule has 0 aromatic rings. The van der Waals surface area contributed by atoms with Crippen LogP contribution in [0.3, 0.4) is 0 Å². The third kappa shape index (κ3) is 1.32. The Morgan fingerprint density at radius 1 is 1.57 bits per heavy atom. The molecule has 1 rings (SSSR count). The number of hydrogen-bond acceptors (Lipinski definition) is 1. The van der Waals surface area contributed by atoms with E-state index in [4.69, 9.17) is 5.73 Å². The molecule has 1 aliphatic rings. The molecule has 0 fully saturated rings. The maximum atomic E-state index is 5.53. The lowest BCUT2D eigenvalue weighted by molar-refractivity contribution is 0.700. The monoisotopic (exact) mass is 96.1 g/mol. The minimum atomic E-state index is 0.324. The summed E-state index contributed by atoms with van der Waals surface area (Å²) in [6, 6.07) is 0.324. The van der Waals surface area contributed by atoms with Crippen LogP contribution < -0.4 is 5.73 Å². The summed E-state index contributed by atoms with van der Waals surface area (Å²) in [5.74, 6) is 0. The summed E-state index contributed by atoms with van der Waals surface area (Å²) in [6.07, 6.45) is 8.48. The molecule has 1 heteroatoms. The van der Waals surface area contributed by atoms with E-state index < -0.39 is 0 Å². The smallest absolute Gasteiger partial charge is 0.0223 e. The van der Waals surface area contributed by atoms with Crippen LogP contribution >= 0.6 is 0 Å². The minimum Gasteiger partial charge on any atom is -0.324 e. The molecule has 1 atom stereocenters. The fraction of sp³-hybridized carbons (Fsp3) is 0.500. The summed E-state index contributed by atoms with van der Waals surface area (Å²) < 4.78 is 0. The molecule has 0 saturated carbocycles. The second-order valence-corrected chi connectivity index (χ2v) is 1.86. The standard InChI is InChI=1S/C6H10N/c7-6-4-2-1-3-5-6/h1-2,4,6H,3,5,7H2. The fourth-order valence-electron chi connectivity index (χ4n) is 0.702. The summed E-state index contributed by atoms with van der Waals surface area (Å²) in [4.78, 5) is 0. The molecule has 0 amide bonds. The summed E-state index contributed by atoms with van der Waals surface area (Å²) >= 11 is 0. The van der Waals surface area contributed by atoms with Gasteiger partial charge in [0, 0.05) is 6.04 Å². The van der Waals surface area contributed by atoms with E-state index in [-0.39, 0.29) is 0 Å².